The molecule has 0 bridgehead atoms. The van der Waals surface area contributed by atoms with Crippen LogP contribution in [0.25, 0.3) is 0 Å². The number of nitro benzene ring substituents is 1. The van der Waals surface area contributed by atoms with E-state index in [4.69, 9.17) is 0 Å². The number of nitrogens with zero attached hydrogens (tertiary/aromatic N) is 2. The van der Waals surface area contributed by atoms with E-state index in [0.717, 1.165) is 13.1 Å². The number of hydrogen-bond acceptors (Lipinski definition) is 4. The van der Waals surface area contributed by atoms with E-state index in [1.54, 1.807) is 22.6 Å². The maximum Gasteiger partial charge on any atom is 0.293 e. The maximum atomic E-state index is 13.6. The molecule has 0 aliphatic carbocycles. The van der Waals surface area contributed by atoms with Crippen LogP contribution in [-0.2, 0) is 0 Å². The molecule has 1 aliphatic heterocycles. The van der Waals surface area contributed by atoms with Crippen LogP contribution in [0.5, 0.6) is 0 Å². The van der Waals surface area contributed by atoms with Crippen LogP contribution in [0.1, 0.15) is 26.2 Å². The van der Waals surface area contributed by atoms with Gasteiger partial charge in [-0.25, -0.2) is 4.39 Å². The molecule has 1 aliphatic rings. The SMILES string of the molecule is CC(CNc1cc(F)c(I)cc1[N+](=O)[O-])N1CCCCC1. The number of nitro groups is 1. The Morgan fingerprint density at radius 1 is 1.43 bits per heavy atom. The van der Waals surface area contributed by atoms with Gasteiger partial charge in [-0.05, 0) is 55.4 Å². The predicted molar refractivity (Wildman–Crippen MR) is 89.1 cm³/mol. The van der Waals surface area contributed by atoms with Crippen molar-refractivity contribution >= 4 is 34.0 Å². The Hall–Kier alpha value is -0.960. The fraction of sp³-hybridized carbons (Fsp3) is 0.571. The normalized spacial score (nSPS) is 17.5. The molecule has 7 heteroatoms. The Bertz CT molecular complexity index is 521. The third-order valence-electron chi connectivity index (χ3n) is 3.84. The van der Waals surface area contributed by atoms with Gasteiger partial charge in [0.2, 0.25) is 0 Å². The van der Waals surface area contributed by atoms with Crippen LogP contribution >= 0.6 is 22.6 Å². The number of rotatable bonds is 5. The zero-order valence-corrected chi connectivity index (χ0v) is 14.1. The minimum absolute atomic E-state index is 0.0772. The number of hydrogen-bond donors (Lipinski definition) is 1. The largest absolute Gasteiger partial charge is 0.378 e. The first-order valence-electron chi connectivity index (χ1n) is 7.10. The van der Waals surface area contributed by atoms with E-state index in [1.165, 1.54) is 31.4 Å². The Morgan fingerprint density at radius 2 is 2.10 bits per heavy atom. The van der Waals surface area contributed by atoms with Gasteiger partial charge in [0.05, 0.1) is 8.49 Å². The molecule has 5 nitrogen and oxygen atoms in total. The van der Waals surface area contributed by atoms with Crippen molar-refractivity contribution in [1.82, 2.24) is 4.90 Å². The van der Waals surface area contributed by atoms with E-state index in [2.05, 4.69) is 17.1 Å². The second-order valence-corrected chi connectivity index (χ2v) is 6.53. The molecule has 0 radical (unpaired) electrons. The molecule has 1 saturated heterocycles. The van der Waals surface area contributed by atoms with Gasteiger partial charge in [0, 0.05) is 24.7 Å². The Balaban J connectivity index is 2.05. The number of benzene rings is 1. The molecule has 1 N–H and O–H groups in total. The predicted octanol–water partition coefficient (Wildman–Crippen LogP) is 3.62. The smallest absolute Gasteiger partial charge is 0.293 e. The van der Waals surface area contributed by atoms with Gasteiger partial charge >= 0.3 is 0 Å². The van der Waals surface area contributed by atoms with Gasteiger partial charge in [-0.2, -0.15) is 0 Å². The minimum atomic E-state index is -0.477. The minimum Gasteiger partial charge on any atom is -0.378 e. The summed E-state index contributed by atoms with van der Waals surface area (Å²) in [5.74, 6) is -0.436. The number of likely N-dealkylation sites (tertiary alicyclic amines) is 1. The summed E-state index contributed by atoms with van der Waals surface area (Å²) in [5, 5.41) is 14.1. The quantitative estimate of drug-likeness (QED) is 0.460. The van der Waals surface area contributed by atoms with Gasteiger partial charge in [0.25, 0.3) is 5.69 Å². The third-order valence-corrected chi connectivity index (χ3v) is 4.66. The molecule has 0 amide bonds. The number of anilines is 1. The second kappa shape index (κ2) is 7.35. The first-order chi connectivity index (χ1) is 9.99. The molecule has 1 atom stereocenters. The van der Waals surface area contributed by atoms with Gasteiger partial charge in [-0.1, -0.05) is 6.42 Å². The molecule has 1 fully saturated rings. The molecule has 0 spiro atoms. The fourth-order valence-corrected chi connectivity index (χ4v) is 3.03. The number of piperidine rings is 1. The van der Waals surface area contributed by atoms with Crippen molar-refractivity contribution in [2.45, 2.75) is 32.2 Å². The zero-order chi connectivity index (χ0) is 15.4. The summed E-state index contributed by atoms with van der Waals surface area (Å²) in [4.78, 5) is 13.0. The molecule has 1 aromatic carbocycles. The first kappa shape index (κ1) is 16.4. The lowest BCUT2D eigenvalue weighted by Crippen LogP contribution is -2.41. The molecule has 0 aromatic heterocycles. The van der Waals surface area contributed by atoms with Crippen molar-refractivity contribution in [3.63, 3.8) is 0 Å². The highest BCUT2D eigenvalue weighted by atomic mass is 127. The standard InChI is InChI=1S/C14H19FIN3O2/c1-10(18-5-3-2-4-6-18)9-17-13-7-11(15)12(16)8-14(13)19(20)21/h7-8,10,17H,2-6,9H2,1H3. The van der Waals surface area contributed by atoms with Crippen molar-refractivity contribution in [3.05, 3.63) is 31.6 Å². The topological polar surface area (TPSA) is 58.4 Å². The third kappa shape index (κ3) is 4.26. The first-order valence-corrected chi connectivity index (χ1v) is 8.18. The van der Waals surface area contributed by atoms with Crippen molar-refractivity contribution in [2.75, 3.05) is 25.0 Å². The lowest BCUT2D eigenvalue weighted by Gasteiger charge is -2.32. The van der Waals surface area contributed by atoms with Gasteiger partial charge in [0.1, 0.15) is 11.5 Å². The summed E-state index contributed by atoms with van der Waals surface area (Å²) in [6.07, 6.45) is 3.66. The molecule has 116 valence electrons. The molecule has 1 heterocycles. The molecule has 0 saturated carbocycles. The fourth-order valence-electron chi connectivity index (χ4n) is 2.57. The summed E-state index contributed by atoms with van der Waals surface area (Å²) in [6, 6.07) is 2.75. The van der Waals surface area contributed by atoms with E-state index >= 15 is 0 Å². The average molecular weight is 407 g/mol. The Morgan fingerprint density at radius 3 is 2.71 bits per heavy atom. The molecule has 1 unspecified atom stereocenters. The van der Waals surface area contributed by atoms with Crippen molar-refractivity contribution < 1.29 is 9.31 Å². The van der Waals surface area contributed by atoms with Gasteiger partial charge < -0.3 is 5.32 Å². The summed E-state index contributed by atoms with van der Waals surface area (Å²) < 4.78 is 13.9. The highest BCUT2D eigenvalue weighted by molar-refractivity contribution is 14.1. The van der Waals surface area contributed by atoms with Gasteiger partial charge in [-0.3, -0.25) is 15.0 Å². The highest BCUT2D eigenvalue weighted by Crippen LogP contribution is 2.28. The molecule has 1 aromatic rings. The van der Waals surface area contributed by atoms with E-state index in [-0.39, 0.29) is 21.0 Å². The molecular formula is C14H19FIN3O2. The molecule has 2 rings (SSSR count). The van der Waals surface area contributed by atoms with Crippen molar-refractivity contribution in [2.24, 2.45) is 0 Å². The number of halogens is 2. The van der Waals surface area contributed by atoms with Gasteiger partial charge in [-0.15, -0.1) is 0 Å². The average Bonchev–Trinajstić information content (AvgIpc) is 2.48. The highest BCUT2D eigenvalue weighted by Gasteiger charge is 2.20. The van der Waals surface area contributed by atoms with Crippen LogP contribution in [0.15, 0.2) is 12.1 Å². The second-order valence-electron chi connectivity index (χ2n) is 5.37. The Kier molecular flexibility index (Phi) is 5.74. The van der Waals surface area contributed by atoms with E-state index in [1.807, 2.05) is 0 Å². The van der Waals surface area contributed by atoms with Gasteiger partial charge in [0.15, 0.2) is 0 Å². The van der Waals surface area contributed by atoms with Crippen LogP contribution in [-0.4, -0.2) is 35.5 Å². The monoisotopic (exact) mass is 407 g/mol. The lowest BCUT2D eigenvalue weighted by atomic mass is 10.1. The molecule has 21 heavy (non-hydrogen) atoms. The lowest BCUT2D eigenvalue weighted by molar-refractivity contribution is -0.384. The van der Waals surface area contributed by atoms with Crippen LogP contribution in [0.2, 0.25) is 0 Å². The van der Waals surface area contributed by atoms with E-state index < -0.39 is 10.7 Å². The van der Waals surface area contributed by atoms with Crippen LogP contribution in [0.3, 0.4) is 0 Å². The summed E-state index contributed by atoms with van der Waals surface area (Å²) in [7, 11) is 0. The van der Waals surface area contributed by atoms with Crippen molar-refractivity contribution in [1.29, 1.82) is 0 Å². The van der Waals surface area contributed by atoms with Crippen LogP contribution in [0, 0.1) is 19.5 Å². The summed E-state index contributed by atoms with van der Waals surface area (Å²) in [5.41, 5.74) is 0.174. The summed E-state index contributed by atoms with van der Waals surface area (Å²) >= 11 is 1.76. The van der Waals surface area contributed by atoms with E-state index in [0.29, 0.717) is 6.54 Å². The summed E-state index contributed by atoms with van der Waals surface area (Å²) in [6.45, 7) is 4.78. The van der Waals surface area contributed by atoms with Crippen molar-refractivity contribution in [3.8, 4) is 0 Å². The van der Waals surface area contributed by atoms with Crippen LogP contribution in [0.4, 0.5) is 15.8 Å². The van der Waals surface area contributed by atoms with Crippen LogP contribution < -0.4 is 5.32 Å². The zero-order valence-electron chi connectivity index (χ0n) is 11.9. The maximum absolute atomic E-state index is 13.6. The Labute approximate surface area is 137 Å². The molecular weight excluding hydrogens is 388 g/mol. The van der Waals surface area contributed by atoms with E-state index in [9.17, 15) is 14.5 Å². The number of nitrogens with one attached hydrogen (secondary N) is 1.